The Kier molecular flexibility index (Phi) is 4.15. The normalized spacial score (nSPS) is 16.4. The maximum Gasteiger partial charge on any atom is 0.284 e. The maximum atomic E-state index is 13.6. The van der Waals surface area contributed by atoms with Crippen LogP contribution in [0.15, 0.2) is 59.8 Å². The lowest BCUT2D eigenvalue weighted by Gasteiger charge is -2.27. The molecule has 0 aliphatic carbocycles. The van der Waals surface area contributed by atoms with Crippen LogP contribution >= 0.6 is 11.6 Å². The van der Waals surface area contributed by atoms with Crippen molar-refractivity contribution in [3.05, 3.63) is 76.2 Å². The molecule has 0 bridgehead atoms. The zero-order chi connectivity index (χ0) is 21.8. The molecule has 1 aliphatic rings. The van der Waals surface area contributed by atoms with E-state index in [1.54, 1.807) is 38.1 Å². The second-order valence-electron chi connectivity index (χ2n) is 7.62. The molecule has 1 unspecified atom stereocenters. The number of para-hydroxylation sites is 1. The summed E-state index contributed by atoms with van der Waals surface area (Å²) in [4.78, 5) is 28.6. The van der Waals surface area contributed by atoms with Gasteiger partial charge < -0.3 is 10.6 Å². The smallest absolute Gasteiger partial charge is 0.284 e. The molecule has 0 amide bonds. The van der Waals surface area contributed by atoms with Crippen LogP contribution in [0, 0.1) is 0 Å². The van der Waals surface area contributed by atoms with Gasteiger partial charge >= 0.3 is 0 Å². The van der Waals surface area contributed by atoms with Crippen LogP contribution in [0.5, 0.6) is 0 Å². The number of nitrogen functional groups attached to an aromatic ring is 1. The Morgan fingerprint density at radius 1 is 1.09 bits per heavy atom. The van der Waals surface area contributed by atoms with E-state index in [2.05, 4.69) is 19.9 Å². The predicted molar refractivity (Wildman–Crippen MR) is 120 cm³/mol. The van der Waals surface area contributed by atoms with Gasteiger partial charge in [0.1, 0.15) is 5.52 Å². The third-order valence-electron chi connectivity index (χ3n) is 5.75. The summed E-state index contributed by atoms with van der Waals surface area (Å²) < 4.78 is 4.99. The number of imidazole rings is 1. The minimum atomic E-state index is -0.224. The molecule has 0 spiro atoms. The van der Waals surface area contributed by atoms with Gasteiger partial charge in [-0.05, 0) is 31.0 Å². The predicted octanol–water partition coefficient (Wildman–Crippen LogP) is 2.50. The Labute approximate surface area is 186 Å². The van der Waals surface area contributed by atoms with Crippen LogP contribution in [-0.4, -0.2) is 40.1 Å². The molecular weight excluding hydrogens is 430 g/mol. The molecular formula is C21H18ClN9O. The highest BCUT2D eigenvalue weighted by atomic mass is 35.5. The van der Waals surface area contributed by atoms with Crippen LogP contribution in [0.3, 0.4) is 0 Å². The summed E-state index contributed by atoms with van der Waals surface area (Å²) >= 11 is 6.32. The fourth-order valence-corrected chi connectivity index (χ4v) is 4.61. The number of benzene rings is 1. The van der Waals surface area contributed by atoms with Crippen molar-refractivity contribution >= 4 is 34.8 Å². The van der Waals surface area contributed by atoms with Gasteiger partial charge in [0.2, 0.25) is 17.7 Å². The Balaban J connectivity index is 1.60. The molecule has 6 rings (SSSR count). The monoisotopic (exact) mass is 447 g/mol. The Bertz CT molecular complexity index is 1520. The number of nitrogens with zero attached hydrogens (tertiary/aromatic N) is 8. The summed E-state index contributed by atoms with van der Waals surface area (Å²) in [7, 11) is 0. The molecule has 4 aromatic heterocycles. The van der Waals surface area contributed by atoms with Crippen molar-refractivity contribution in [3.8, 4) is 5.69 Å². The molecule has 32 heavy (non-hydrogen) atoms. The van der Waals surface area contributed by atoms with Crippen molar-refractivity contribution in [2.75, 3.05) is 17.2 Å². The highest BCUT2D eigenvalue weighted by molar-refractivity contribution is 6.33. The first-order valence-corrected chi connectivity index (χ1v) is 10.6. The molecule has 1 aromatic carbocycles. The first kappa shape index (κ1) is 18.8. The first-order valence-electron chi connectivity index (χ1n) is 10.2. The third-order valence-corrected chi connectivity index (χ3v) is 6.06. The highest BCUT2D eigenvalue weighted by Crippen LogP contribution is 2.35. The van der Waals surface area contributed by atoms with E-state index in [4.69, 9.17) is 22.4 Å². The summed E-state index contributed by atoms with van der Waals surface area (Å²) in [6, 6.07) is 10.9. The molecule has 5 heterocycles. The minimum Gasteiger partial charge on any atom is -0.368 e. The number of nitrogens with two attached hydrogens (primary N) is 1. The van der Waals surface area contributed by atoms with Gasteiger partial charge in [-0.1, -0.05) is 29.8 Å². The largest absolute Gasteiger partial charge is 0.368 e. The van der Waals surface area contributed by atoms with Crippen molar-refractivity contribution in [2.45, 2.75) is 18.9 Å². The summed E-state index contributed by atoms with van der Waals surface area (Å²) in [5.74, 6) is 1.83. The van der Waals surface area contributed by atoms with Crippen molar-refractivity contribution in [1.82, 2.24) is 33.5 Å². The van der Waals surface area contributed by atoms with Crippen molar-refractivity contribution in [3.63, 3.8) is 0 Å². The molecule has 1 fully saturated rings. The minimum absolute atomic E-state index is 0.144. The van der Waals surface area contributed by atoms with E-state index >= 15 is 0 Å². The molecule has 1 aliphatic heterocycles. The second-order valence-corrected chi connectivity index (χ2v) is 8.03. The van der Waals surface area contributed by atoms with Gasteiger partial charge in [0.05, 0.1) is 16.8 Å². The van der Waals surface area contributed by atoms with Gasteiger partial charge in [0, 0.05) is 25.1 Å². The zero-order valence-corrected chi connectivity index (χ0v) is 17.6. The fourth-order valence-electron chi connectivity index (χ4n) is 4.39. The topological polar surface area (TPSA) is 112 Å². The molecule has 0 saturated carbocycles. The number of rotatable bonds is 3. The lowest BCUT2D eigenvalue weighted by molar-refractivity contribution is 0.595. The summed E-state index contributed by atoms with van der Waals surface area (Å²) in [6.45, 7) is 0.726. The number of fused-ring (bicyclic) bond motifs is 2. The number of hydrogen-bond donors (Lipinski definition) is 1. The lowest BCUT2D eigenvalue weighted by Crippen LogP contribution is -2.34. The van der Waals surface area contributed by atoms with E-state index in [9.17, 15) is 4.79 Å². The zero-order valence-electron chi connectivity index (χ0n) is 16.8. The summed E-state index contributed by atoms with van der Waals surface area (Å²) in [6.07, 6.45) is 6.85. The maximum absolute atomic E-state index is 13.6. The molecule has 160 valence electrons. The van der Waals surface area contributed by atoms with Gasteiger partial charge in [-0.2, -0.15) is 15.1 Å². The van der Waals surface area contributed by atoms with Gasteiger partial charge in [0.15, 0.2) is 5.82 Å². The second kappa shape index (κ2) is 7.06. The van der Waals surface area contributed by atoms with E-state index in [1.807, 2.05) is 30.3 Å². The number of aromatic nitrogens is 7. The van der Waals surface area contributed by atoms with Gasteiger partial charge in [0.25, 0.3) is 5.56 Å². The Morgan fingerprint density at radius 3 is 2.78 bits per heavy atom. The number of anilines is 2. The fraction of sp³-hybridized carbons (Fsp3) is 0.190. The first-order chi connectivity index (χ1) is 15.6. The Morgan fingerprint density at radius 2 is 1.94 bits per heavy atom. The van der Waals surface area contributed by atoms with Gasteiger partial charge in [-0.25, -0.2) is 9.50 Å². The van der Waals surface area contributed by atoms with E-state index < -0.39 is 0 Å². The molecule has 10 nitrogen and oxygen atoms in total. The van der Waals surface area contributed by atoms with Crippen LogP contribution in [0.2, 0.25) is 5.02 Å². The SMILES string of the molecule is Nc1nc(N2CCCC2c2nn3ccc(Cl)c3c(=O)n2-c2ccccc2)n2ccnc2n1. The average Bonchev–Trinajstić information content (AvgIpc) is 3.53. The van der Waals surface area contributed by atoms with E-state index in [-0.39, 0.29) is 17.5 Å². The summed E-state index contributed by atoms with van der Waals surface area (Å²) in [5, 5.41) is 5.20. The number of halogens is 1. The highest BCUT2D eigenvalue weighted by Gasteiger charge is 2.34. The average molecular weight is 448 g/mol. The molecule has 11 heteroatoms. The van der Waals surface area contributed by atoms with E-state index in [0.717, 1.165) is 25.1 Å². The molecule has 5 aromatic rings. The van der Waals surface area contributed by atoms with Crippen molar-refractivity contribution in [2.24, 2.45) is 0 Å². The van der Waals surface area contributed by atoms with Crippen molar-refractivity contribution in [1.29, 1.82) is 0 Å². The molecule has 1 saturated heterocycles. The van der Waals surface area contributed by atoms with Gasteiger partial charge in [-0.15, -0.1) is 0 Å². The van der Waals surface area contributed by atoms with Gasteiger partial charge in [-0.3, -0.25) is 13.8 Å². The summed E-state index contributed by atoms with van der Waals surface area (Å²) in [5.41, 5.74) is 6.81. The van der Waals surface area contributed by atoms with Crippen LogP contribution < -0.4 is 16.2 Å². The van der Waals surface area contributed by atoms with Crippen LogP contribution in [0.25, 0.3) is 17.0 Å². The van der Waals surface area contributed by atoms with Crippen LogP contribution in [-0.2, 0) is 0 Å². The molecule has 2 N–H and O–H groups in total. The van der Waals surface area contributed by atoms with Crippen LogP contribution in [0.1, 0.15) is 24.7 Å². The van der Waals surface area contributed by atoms with Crippen LogP contribution in [0.4, 0.5) is 11.9 Å². The molecule has 1 atom stereocenters. The third kappa shape index (κ3) is 2.76. The number of hydrogen-bond acceptors (Lipinski definition) is 7. The quantitative estimate of drug-likeness (QED) is 0.452. The molecule has 0 radical (unpaired) electrons. The van der Waals surface area contributed by atoms with E-state index in [1.165, 1.54) is 0 Å². The van der Waals surface area contributed by atoms with E-state index in [0.29, 0.717) is 28.1 Å². The van der Waals surface area contributed by atoms with Crippen molar-refractivity contribution < 1.29 is 0 Å². The standard InChI is InChI=1S/C21H18ClN9O/c22-14-8-11-30-16(14)18(32)31(13-5-2-1-3-6-13)17(27-30)15-7-4-10-28(15)21-26-19(23)25-20-24-9-12-29(20)21/h1-3,5-6,8-9,11-12,15H,4,7,10H2,(H2,23,24,25). The Hall–Kier alpha value is -3.92. The lowest BCUT2D eigenvalue weighted by atomic mass is 10.2.